The van der Waals surface area contributed by atoms with Crippen LogP contribution < -0.4 is 5.32 Å². The first-order valence-electron chi connectivity index (χ1n) is 5.57. The number of hydrogen-bond acceptors (Lipinski definition) is 5. The van der Waals surface area contributed by atoms with Crippen LogP contribution in [0.2, 0.25) is 0 Å². The second-order valence-electron chi connectivity index (χ2n) is 4.19. The SMILES string of the molecule is CN(CCNCc1ccco1)CCS(C)(=O)=O. The van der Waals surface area contributed by atoms with Crippen LogP contribution in [-0.2, 0) is 16.4 Å². The molecule has 17 heavy (non-hydrogen) atoms. The lowest BCUT2D eigenvalue weighted by molar-refractivity contribution is 0.346. The third kappa shape index (κ3) is 7.14. The van der Waals surface area contributed by atoms with Crippen molar-refractivity contribution in [2.45, 2.75) is 6.54 Å². The second kappa shape index (κ2) is 6.78. The molecule has 0 atom stereocenters. The van der Waals surface area contributed by atoms with Crippen molar-refractivity contribution in [2.24, 2.45) is 0 Å². The standard InChI is InChI=1S/C11H20N2O3S/c1-13(7-9-17(2,14)15)6-5-12-10-11-4-3-8-16-11/h3-4,8,12H,5-7,9-10H2,1-2H3. The fourth-order valence-electron chi connectivity index (χ4n) is 1.33. The van der Waals surface area contributed by atoms with Gasteiger partial charge in [-0.3, -0.25) is 0 Å². The van der Waals surface area contributed by atoms with E-state index < -0.39 is 9.84 Å². The van der Waals surface area contributed by atoms with Gasteiger partial charge in [0.25, 0.3) is 0 Å². The summed E-state index contributed by atoms with van der Waals surface area (Å²) >= 11 is 0. The number of rotatable bonds is 8. The third-order valence-electron chi connectivity index (χ3n) is 2.39. The van der Waals surface area contributed by atoms with Crippen LogP contribution in [0.3, 0.4) is 0 Å². The quantitative estimate of drug-likeness (QED) is 0.683. The van der Waals surface area contributed by atoms with Gasteiger partial charge in [-0.15, -0.1) is 0 Å². The fraction of sp³-hybridized carbons (Fsp3) is 0.636. The molecule has 1 heterocycles. The Labute approximate surface area is 103 Å². The molecule has 0 unspecified atom stereocenters. The summed E-state index contributed by atoms with van der Waals surface area (Å²) in [5.41, 5.74) is 0. The van der Waals surface area contributed by atoms with Crippen LogP contribution in [0.15, 0.2) is 22.8 Å². The van der Waals surface area contributed by atoms with Crippen molar-refractivity contribution >= 4 is 9.84 Å². The maximum Gasteiger partial charge on any atom is 0.148 e. The number of furan rings is 1. The summed E-state index contributed by atoms with van der Waals surface area (Å²) in [7, 11) is -0.946. The molecule has 0 saturated heterocycles. The van der Waals surface area contributed by atoms with E-state index in [1.807, 2.05) is 24.1 Å². The van der Waals surface area contributed by atoms with Crippen LogP contribution in [0.4, 0.5) is 0 Å². The number of likely N-dealkylation sites (N-methyl/N-ethyl adjacent to an activating group) is 1. The van der Waals surface area contributed by atoms with Crippen LogP contribution in [0.5, 0.6) is 0 Å². The van der Waals surface area contributed by atoms with Crippen LogP contribution in [0, 0.1) is 0 Å². The maximum absolute atomic E-state index is 11.0. The largest absolute Gasteiger partial charge is 0.468 e. The van der Waals surface area contributed by atoms with E-state index in [1.54, 1.807) is 6.26 Å². The summed E-state index contributed by atoms with van der Waals surface area (Å²) in [6.07, 6.45) is 2.91. The first-order chi connectivity index (χ1) is 7.97. The first-order valence-corrected chi connectivity index (χ1v) is 7.63. The van der Waals surface area contributed by atoms with Gasteiger partial charge in [0.05, 0.1) is 18.6 Å². The van der Waals surface area contributed by atoms with Crippen molar-refractivity contribution in [1.82, 2.24) is 10.2 Å². The van der Waals surface area contributed by atoms with Gasteiger partial charge < -0.3 is 14.6 Å². The summed E-state index contributed by atoms with van der Waals surface area (Å²) in [6.45, 7) is 2.89. The van der Waals surface area contributed by atoms with E-state index in [0.29, 0.717) is 13.1 Å². The zero-order chi connectivity index (χ0) is 12.7. The summed E-state index contributed by atoms with van der Waals surface area (Å²) < 4.78 is 27.1. The number of hydrogen-bond donors (Lipinski definition) is 1. The monoisotopic (exact) mass is 260 g/mol. The Hall–Kier alpha value is -0.850. The summed E-state index contributed by atoms with van der Waals surface area (Å²) in [6, 6.07) is 3.77. The number of nitrogens with zero attached hydrogens (tertiary/aromatic N) is 1. The molecule has 0 saturated carbocycles. The van der Waals surface area contributed by atoms with Crippen molar-refractivity contribution < 1.29 is 12.8 Å². The Balaban J connectivity index is 2.06. The summed E-state index contributed by atoms with van der Waals surface area (Å²) in [5.74, 6) is 1.12. The number of nitrogens with one attached hydrogen (secondary N) is 1. The Morgan fingerprint density at radius 1 is 1.41 bits per heavy atom. The maximum atomic E-state index is 11.0. The molecule has 0 amide bonds. The van der Waals surface area contributed by atoms with Gasteiger partial charge in [0.15, 0.2) is 0 Å². The average molecular weight is 260 g/mol. The lowest BCUT2D eigenvalue weighted by atomic mass is 10.4. The van der Waals surface area contributed by atoms with E-state index in [1.165, 1.54) is 6.26 Å². The molecule has 0 bridgehead atoms. The molecule has 6 heteroatoms. The highest BCUT2D eigenvalue weighted by atomic mass is 32.2. The highest BCUT2D eigenvalue weighted by Crippen LogP contribution is 1.98. The minimum absolute atomic E-state index is 0.210. The second-order valence-corrected chi connectivity index (χ2v) is 6.45. The third-order valence-corrected chi connectivity index (χ3v) is 3.32. The van der Waals surface area contributed by atoms with Crippen LogP contribution in [-0.4, -0.2) is 52.0 Å². The fourth-order valence-corrected chi connectivity index (χ4v) is 1.97. The van der Waals surface area contributed by atoms with Gasteiger partial charge in [0.2, 0.25) is 0 Å². The molecule has 0 aliphatic rings. The lowest BCUT2D eigenvalue weighted by Crippen LogP contribution is -2.32. The molecule has 0 aliphatic heterocycles. The Bertz CT molecular complexity index is 400. The molecule has 98 valence electrons. The molecule has 0 aliphatic carbocycles. The Morgan fingerprint density at radius 3 is 2.76 bits per heavy atom. The molecule has 1 rings (SSSR count). The molecule has 5 nitrogen and oxygen atoms in total. The van der Waals surface area contributed by atoms with Gasteiger partial charge >= 0.3 is 0 Å². The molecular formula is C11H20N2O3S. The highest BCUT2D eigenvalue weighted by Gasteiger charge is 2.05. The van der Waals surface area contributed by atoms with E-state index in [0.717, 1.165) is 18.8 Å². The van der Waals surface area contributed by atoms with Crippen LogP contribution in [0.25, 0.3) is 0 Å². The molecule has 0 radical (unpaired) electrons. The minimum atomic E-state index is -2.86. The van der Waals surface area contributed by atoms with Gasteiger partial charge in [0, 0.05) is 25.9 Å². The molecule has 0 spiro atoms. The van der Waals surface area contributed by atoms with Crippen molar-refractivity contribution in [3.63, 3.8) is 0 Å². The average Bonchev–Trinajstić information content (AvgIpc) is 2.73. The van der Waals surface area contributed by atoms with Crippen molar-refractivity contribution in [2.75, 3.05) is 38.7 Å². The normalized spacial score (nSPS) is 12.2. The van der Waals surface area contributed by atoms with Gasteiger partial charge in [-0.05, 0) is 19.2 Å². The topological polar surface area (TPSA) is 62.6 Å². The van der Waals surface area contributed by atoms with E-state index in [2.05, 4.69) is 5.32 Å². The van der Waals surface area contributed by atoms with Crippen LogP contribution >= 0.6 is 0 Å². The van der Waals surface area contributed by atoms with E-state index in [9.17, 15) is 8.42 Å². The predicted octanol–water partition coefficient (Wildman–Crippen LogP) is 0.346. The van der Waals surface area contributed by atoms with Crippen molar-refractivity contribution in [3.05, 3.63) is 24.2 Å². The van der Waals surface area contributed by atoms with Gasteiger partial charge in [-0.1, -0.05) is 0 Å². The Kier molecular flexibility index (Phi) is 5.67. The van der Waals surface area contributed by atoms with Crippen LogP contribution in [0.1, 0.15) is 5.76 Å². The van der Waals surface area contributed by atoms with Gasteiger partial charge in [0.1, 0.15) is 15.6 Å². The van der Waals surface area contributed by atoms with Gasteiger partial charge in [-0.2, -0.15) is 0 Å². The smallest absolute Gasteiger partial charge is 0.148 e. The molecular weight excluding hydrogens is 240 g/mol. The molecule has 1 aromatic heterocycles. The molecule has 0 fully saturated rings. The molecule has 1 aromatic rings. The zero-order valence-corrected chi connectivity index (χ0v) is 11.2. The molecule has 1 N–H and O–H groups in total. The minimum Gasteiger partial charge on any atom is -0.468 e. The summed E-state index contributed by atoms with van der Waals surface area (Å²) in [4.78, 5) is 2.00. The lowest BCUT2D eigenvalue weighted by Gasteiger charge is -2.15. The zero-order valence-electron chi connectivity index (χ0n) is 10.3. The highest BCUT2D eigenvalue weighted by molar-refractivity contribution is 7.90. The number of sulfone groups is 1. The predicted molar refractivity (Wildman–Crippen MR) is 67.6 cm³/mol. The van der Waals surface area contributed by atoms with Crippen molar-refractivity contribution in [3.8, 4) is 0 Å². The van der Waals surface area contributed by atoms with E-state index in [4.69, 9.17) is 4.42 Å². The summed E-state index contributed by atoms with van der Waals surface area (Å²) in [5, 5.41) is 3.23. The van der Waals surface area contributed by atoms with Gasteiger partial charge in [-0.25, -0.2) is 8.42 Å². The van der Waals surface area contributed by atoms with E-state index >= 15 is 0 Å². The van der Waals surface area contributed by atoms with E-state index in [-0.39, 0.29) is 5.75 Å². The molecule has 0 aromatic carbocycles. The Morgan fingerprint density at radius 2 is 2.18 bits per heavy atom. The first kappa shape index (κ1) is 14.2. The van der Waals surface area contributed by atoms with Crippen molar-refractivity contribution in [1.29, 1.82) is 0 Å².